The molecule has 0 aliphatic heterocycles. The molecule has 2 heteroatoms. The van der Waals surface area contributed by atoms with Crippen LogP contribution in [0.15, 0.2) is 18.5 Å². The third kappa shape index (κ3) is 1.63. The molecule has 1 aromatic rings. The second-order valence-electron chi connectivity index (χ2n) is 2.62. The summed E-state index contributed by atoms with van der Waals surface area (Å²) in [6.45, 7) is 2.03. The monoisotopic (exact) mass is 160 g/mol. The first-order valence-corrected chi connectivity index (χ1v) is 3.95. The number of terminal acetylenes is 1. The van der Waals surface area contributed by atoms with Crippen LogP contribution < -0.4 is 5.73 Å². The van der Waals surface area contributed by atoms with E-state index in [4.69, 9.17) is 12.2 Å². The first kappa shape index (κ1) is 8.76. The summed E-state index contributed by atoms with van der Waals surface area (Å²) in [6, 6.07) is 1.91. The zero-order valence-electron chi connectivity index (χ0n) is 7.12. The molecule has 0 saturated carbocycles. The maximum atomic E-state index is 5.85. The molecule has 0 aliphatic carbocycles. The van der Waals surface area contributed by atoms with Crippen LogP contribution in [0.1, 0.15) is 30.5 Å². The van der Waals surface area contributed by atoms with Gasteiger partial charge < -0.3 is 5.73 Å². The van der Waals surface area contributed by atoms with Crippen LogP contribution in [-0.4, -0.2) is 4.98 Å². The van der Waals surface area contributed by atoms with Crippen LogP contribution in [0.25, 0.3) is 0 Å². The molecular formula is C10H12N2. The highest BCUT2D eigenvalue weighted by Gasteiger charge is 2.06. The minimum Gasteiger partial charge on any atom is -0.324 e. The molecule has 0 spiro atoms. The number of hydrogen-bond acceptors (Lipinski definition) is 2. The molecule has 62 valence electrons. The van der Waals surface area contributed by atoms with Gasteiger partial charge in [0.15, 0.2) is 0 Å². The van der Waals surface area contributed by atoms with Crippen LogP contribution in [0, 0.1) is 12.3 Å². The summed E-state index contributed by atoms with van der Waals surface area (Å²) < 4.78 is 0. The average Bonchev–Trinajstić information content (AvgIpc) is 2.16. The molecule has 0 radical (unpaired) electrons. The van der Waals surface area contributed by atoms with Crippen LogP contribution in [-0.2, 0) is 0 Å². The highest BCUT2D eigenvalue weighted by molar-refractivity contribution is 5.38. The first-order chi connectivity index (χ1) is 5.79. The van der Waals surface area contributed by atoms with Crippen LogP contribution in [0.2, 0.25) is 0 Å². The Labute approximate surface area is 72.8 Å². The Morgan fingerprint density at radius 2 is 2.50 bits per heavy atom. The van der Waals surface area contributed by atoms with Crippen molar-refractivity contribution in [1.29, 1.82) is 0 Å². The molecule has 0 amide bonds. The van der Waals surface area contributed by atoms with E-state index >= 15 is 0 Å². The van der Waals surface area contributed by atoms with E-state index in [0.717, 1.165) is 17.5 Å². The fraction of sp³-hybridized carbons (Fsp3) is 0.300. The van der Waals surface area contributed by atoms with E-state index in [2.05, 4.69) is 10.9 Å². The normalized spacial score (nSPS) is 12.1. The summed E-state index contributed by atoms with van der Waals surface area (Å²) in [5, 5.41) is 0. The molecule has 0 aromatic carbocycles. The highest BCUT2D eigenvalue weighted by Crippen LogP contribution is 2.16. The topological polar surface area (TPSA) is 38.9 Å². The molecule has 1 aromatic heterocycles. The highest BCUT2D eigenvalue weighted by atomic mass is 14.7. The zero-order chi connectivity index (χ0) is 8.97. The van der Waals surface area contributed by atoms with Gasteiger partial charge in [-0.3, -0.25) is 4.98 Å². The van der Waals surface area contributed by atoms with Crippen LogP contribution in [0.5, 0.6) is 0 Å². The van der Waals surface area contributed by atoms with E-state index in [1.807, 2.05) is 13.0 Å². The number of hydrogen-bond donors (Lipinski definition) is 1. The summed E-state index contributed by atoms with van der Waals surface area (Å²) >= 11 is 0. The van der Waals surface area contributed by atoms with Crippen LogP contribution >= 0.6 is 0 Å². The predicted octanol–water partition coefficient (Wildman–Crippen LogP) is 1.47. The van der Waals surface area contributed by atoms with Gasteiger partial charge in [-0.15, -0.1) is 6.42 Å². The van der Waals surface area contributed by atoms with E-state index < -0.39 is 0 Å². The van der Waals surface area contributed by atoms with Crippen LogP contribution in [0.4, 0.5) is 0 Å². The minimum absolute atomic E-state index is 0.0269. The van der Waals surface area contributed by atoms with Crippen molar-refractivity contribution in [3.05, 3.63) is 29.6 Å². The van der Waals surface area contributed by atoms with E-state index in [1.54, 1.807) is 12.4 Å². The van der Waals surface area contributed by atoms with Gasteiger partial charge in [0.05, 0.1) is 0 Å². The lowest BCUT2D eigenvalue weighted by Crippen LogP contribution is -2.10. The largest absolute Gasteiger partial charge is 0.324 e. The summed E-state index contributed by atoms with van der Waals surface area (Å²) in [5.74, 6) is 2.57. The number of aromatic nitrogens is 1. The number of nitrogens with zero attached hydrogens (tertiary/aromatic N) is 1. The van der Waals surface area contributed by atoms with Gasteiger partial charge in [-0.05, 0) is 18.1 Å². The van der Waals surface area contributed by atoms with Gasteiger partial charge >= 0.3 is 0 Å². The number of pyridine rings is 1. The number of rotatable bonds is 2. The molecule has 1 atom stereocenters. The van der Waals surface area contributed by atoms with Gasteiger partial charge in [-0.2, -0.15) is 0 Å². The molecule has 0 saturated heterocycles. The second-order valence-corrected chi connectivity index (χ2v) is 2.62. The van der Waals surface area contributed by atoms with Gasteiger partial charge in [0.25, 0.3) is 0 Å². The molecule has 2 N–H and O–H groups in total. The molecule has 0 bridgehead atoms. The fourth-order valence-corrected chi connectivity index (χ4v) is 1.07. The first-order valence-electron chi connectivity index (χ1n) is 3.95. The van der Waals surface area contributed by atoms with Crippen LogP contribution in [0.3, 0.4) is 0 Å². The van der Waals surface area contributed by atoms with Crippen molar-refractivity contribution in [3.8, 4) is 12.3 Å². The molecule has 0 fully saturated rings. The Kier molecular flexibility index (Phi) is 2.84. The smallest absolute Gasteiger partial charge is 0.0473 e. The minimum atomic E-state index is 0.0269. The third-order valence-corrected chi connectivity index (χ3v) is 1.85. The molecule has 1 unspecified atom stereocenters. The van der Waals surface area contributed by atoms with E-state index in [9.17, 15) is 0 Å². The van der Waals surface area contributed by atoms with Gasteiger partial charge in [0.1, 0.15) is 0 Å². The van der Waals surface area contributed by atoms with Crippen molar-refractivity contribution >= 4 is 0 Å². The molecular weight excluding hydrogens is 148 g/mol. The zero-order valence-corrected chi connectivity index (χ0v) is 7.12. The van der Waals surface area contributed by atoms with Gasteiger partial charge in [0, 0.05) is 24.0 Å². The number of nitrogens with two attached hydrogens (primary N) is 1. The Balaban J connectivity index is 3.07. The van der Waals surface area contributed by atoms with E-state index in [0.29, 0.717) is 0 Å². The maximum Gasteiger partial charge on any atom is 0.0473 e. The standard InChI is InChI=1S/C10H12N2/c1-3-8-7-12-6-5-9(8)10(11)4-2/h1,5-7,10H,4,11H2,2H3. The lowest BCUT2D eigenvalue weighted by atomic mass is 10.0. The molecule has 12 heavy (non-hydrogen) atoms. The van der Waals surface area contributed by atoms with Crippen molar-refractivity contribution in [2.75, 3.05) is 0 Å². The molecule has 0 aliphatic rings. The van der Waals surface area contributed by atoms with E-state index in [-0.39, 0.29) is 6.04 Å². The summed E-state index contributed by atoms with van der Waals surface area (Å²) in [4.78, 5) is 3.93. The lowest BCUT2D eigenvalue weighted by molar-refractivity contribution is 0.695. The van der Waals surface area contributed by atoms with Crippen molar-refractivity contribution in [1.82, 2.24) is 4.98 Å². The molecule has 2 nitrogen and oxygen atoms in total. The van der Waals surface area contributed by atoms with Crippen molar-refractivity contribution in [2.24, 2.45) is 5.73 Å². The maximum absolute atomic E-state index is 5.85. The molecule has 1 heterocycles. The summed E-state index contributed by atoms with van der Waals surface area (Å²) in [6.07, 6.45) is 9.57. The third-order valence-electron chi connectivity index (χ3n) is 1.85. The van der Waals surface area contributed by atoms with Gasteiger partial charge in [-0.25, -0.2) is 0 Å². The van der Waals surface area contributed by atoms with Crippen molar-refractivity contribution < 1.29 is 0 Å². The Morgan fingerprint density at radius 1 is 1.75 bits per heavy atom. The lowest BCUT2D eigenvalue weighted by Gasteiger charge is -2.10. The van der Waals surface area contributed by atoms with Gasteiger partial charge in [-0.1, -0.05) is 12.8 Å². The summed E-state index contributed by atoms with van der Waals surface area (Å²) in [5.41, 5.74) is 7.65. The quantitative estimate of drug-likeness (QED) is 0.665. The van der Waals surface area contributed by atoms with Gasteiger partial charge in [0.2, 0.25) is 0 Å². The molecule has 1 rings (SSSR count). The SMILES string of the molecule is C#Cc1cnccc1C(N)CC. The Bertz CT molecular complexity index is 299. The summed E-state index contributed by atoms with van der Waals surface area (Å²) in [7, 11) is 0. The van der Waals surface area contributed by atoms with Crippen molar-refractivity contribution in [3.63, 3.8) is 0 Å². The van der Waals surface area contributed by atoms with E-state index in [1.165, 1.54) is 0 Å². The fourth-order valence-electron chi connectivity index (χ4n) is 1.07. The predicted molar refractivity (Wildman–Crippen MR) is 49.4 cm³/mol. The second kappa shape index (κ2) is 3.89. The van der Waals surface area contributed by atoms with Crippen molar-refractivity contribution in [2.45, 2.75) is 19.4 Å². The Morgan fingerprint density at radius 3 is 3.08 bits per heavy atom. The Hall–Kier alpha value is -1.33. The average molecular weight is 160 g/mol.